The van der Waals surface area contributed by atoms with Gasteiger partial charge in [0, 0.05) is 6.07 Å². The van der Waals surface area contributed by atoms with Crippen molar-refractivity contribution in [1.82, 2.24) is 0 Å². The Bertz CT molecular complexity index is 374. The number of rotatable bonds is 5. The molecule has 0 saturated carbocycles. The molecule has 1 aromatic rings. The Morgan fingerprint density at radius 3 is 2.56 bits per heavy atom. The lowest BCUT2D eigenvalue weighted by Gasteiger charge is -2.22. The fourth-order valence-corrected chi connectivity index (χ4v) is 1.17. The first-order valence-corrected chi connectivity index (χ1v) is 5.45. The van der Waals surface area contributed by atoms with E-state index in [0.29, 0.717) is 18.1 Å². The van der Waals surface area contributed by atoms with Crippen LogP contribution in [0.3, 0.4) is 0 Å². The second kappa shape index (κ2) is 5.21. The van der Waals surface area contributed by atoms with Gasteiger partial charge >= 0.3 is 0 Å². The minimum atomic E-state index is -1.04. The molecule has 0 spiro atoms. The highest BCUT2D eigenvalue weighted by molar-refractivity contribution is 6.65. The largest absolute Gasteiger partial charge is 0.494 e. The highest BCUT2D eigenvalue weighted by atomic mass is 35.5. The second-order valence-corrected chi connectivity index (χ2v) is 4.14. The van der Waals surface area contributed by atoms with Gasteiger partial charge in [0.05, 0.1) is 6.61 Å². The van der Waals surface area contributed by atoms with Crippen molar-refractivity contribution >= 4 is 16.8 Å². The predicted octanol–water partition coefficient (Wildman–Crippen LogP) is 3.01. The van der Waals surface area contributed by atoms with Crippen molar-refractivity contribution in [1.29, 1.82) is 0 Å². The van der Waals surface area contributed by atoms with Crippen molar-refractivity contribution < 1.29 is 14.3 Å². The van der Waals surface area contributed by atoms with Crippen molar-refractivity contribution in [3.8, 4) is 11.5 Å². The molecule has 0 N–H and O–H groups in total. The summed E-state index contributed by atoms with van der Waals surface area (Å²) in [5.41, 5.74) is -1.04. The van der Waals surface area contributed by atoms with E-state index in [4.69, 9.17) is 21.1 Å². The summed E-state index contributed by atoms with van der Waals surface area (Å²) in [6.45, 7) is 5.73. The van der Waals surface area contributed by atoms with Crippen LogP contribution in [0, 0.1) is 0 Å². The average Bonchev–Trinajstić information content (AvgIpc) is 2.17. The minimum absolute atomic E-state index is 0.533. The van der Waals surface area contributed by atoms with Gasteiger partial charge in [0.15, 0.2) is 5.60 Å². The Morgan fingerprint density at radius 2 is 2.00 bits per heavy atom. The van der Waals surface area contributed by atoms with E-state index in [-0.39, 0.29) is 0 Å². The molecule has 0 amide bonds. The molecule has 0 heterocycles. The first kappa shape index (κ1) is 12.8. The maximum atomic E-state index is 11.1. The first-order chi connectivity index (χ1) is 7.45. The molecule has 16 heavy (non-hydrogen) atoms. The zero-order valence-corrected chi connectivity index (χ0v) is 10.4. The van der Waals surface area contributed by atoms with E-state index in [1.807, 2.05) is 13.0 Å². The maximum Gasteiger partial charge on any atom is 0.264 e. The van der Waals surface area contributed by atoms with Crippen LogP contribution < -0.4 is 9.47 Å². The SMILES string of the molecule is CCOc1cccc(OC(C)(C)C(=O)Cl)c1. The molecule has 3 nitrogen and oxygen atoms in total. The van der Waals surface area contributed by atoms with E-state index >= 15 is 0 Å². The Morgan fingerprint density at radius 1 is 1.38 bits per heavy atom. The number of hydrogen-bond acceptors (Lipinski definition) is 3. The zero-order chi connectivity index (χ0) is 12.2. The van der Waals surface area contributed by atoms with E-state index in [9.17, 15) is 4.79 Å². The molecule has 0 saturated heterocycles. The number of benzene rings is 1. The minimum Gasteiger partial charge on any atom is -0.494 e. The Balaban J connectivity index is 2.81. The summed E-state index contributed by atoms with van der Waals surface area (Å²) in [4.78, 5) is 11.1. The molecule has 0 aliphatic carbocycles. The van der Waals surface area contributed by atoms with Crippen LogP contribution in [0.5, 0.6) is 11.5 Å². The van der Waals surface area contributed by atoms with Gasteiger partial charge in [-0.1, -0.05) is 6.07 Å². The molecule has 0 aliphatic rings. The maximum absolute atomic E-state index is 11.1. The summed E-state index contributed by atoms with van der Waals surface area (Å²) in [6, 6.07) is 7.11. The van der Waals surface area contributed by atoms with Crippen LogP contribution >= 0.6 is 11.6 Å². The van der Waals surface area contributed by atoms with Gasteiger partial charge in [-0.15, -0.1) is 0 Å². The fraction of sp³-hybridized carbons (Fsp3) is 0.417. The molecule has 0 aliphatic heterocycles. The quantitative estimate of drug-likeness (QED) is 0.745. The summed E-state index contributed by atoms with van der Waals surface area (Å²) >= 11 is 5.43. The topological polar surface area (TPSA) is 35.5 Å². The Kier molecular flexibility index (Phi) is 4.19. The molecule has 0 fully saturated rings. The molecule has 0 unspecified atom stereocenters. The highest BCUT2D eigenvalue weighted by Crippen LogP contribution is 2.24. The molecule has 0 atom stereocenters. The number of halogens is 1. The molecule has 0 aromatic heterocycles. The van der Waals surface area contributed by atoms with Crippen molar-refractivity contribution in [3.05, 3.63) is 24.3 Å². The van der Waals surface area contributed by atoms with Gasteiger partial charge in [-0.05, 0) is 44.5 Å². The van der Waals surface area contributed by atoms with Crippen molar-refractivity contribution in [2.45, 2.75) is 26.4 Å². The first-order valence-electron chi connectivity index (χ1n) is 5.07. The summed E-state index contributed by atoms with van der Waals surface area (Å²) in [7, 11) is 0. The lowest BCUT2D eigenvalue weighted by Crippen LogP contribution is -2.34. The zero-order valence-electron chi connectivity index (χ0n) is 9.62. The summed E-state index contributed by atoms with van der Waals surface area (Å²) in [5.74, 6) is 1.27. The Labute approximate surface area is 100 Å². The van der Waals surface area contributed by atoms with Crippen molar-refractivity contribution in [2.24, 2.45) is 0 Å². The molecule has 1 rings (SSSR count). The third-order valence-corrected chi connectivity index (χ3v) is 2.42. The van der Waals surface area contributed by atoms with E-state index < -0.39 is 10.8 Å². The van der Waals surface area contributed by atoms with Gasteiger partial charge in [-0.2, -0.15) is 0 Å². The van der Waals surface area contributed by atoms with Gasteiger partial charge in [0.25, 0.3) is 5.24 Å². The second-order valence-electron chi connectivity index (χ2n) is 3.79. The van der Waals surface area contributed by atoms with Gasteiger partial charge in [0.1, 0.15) is 11.5 Å². The lowest BCUT2D eigenvalue weighted by atomic mass is 10.1. The van der Waals surface area contributed by atoms with Gasteiger partial charge in [-0.3, -0.25) is 4.79 Å². The van der Waals surface area contributed by atoms with Crippen LogP contribution in [0.4, 0.5) is 0 Å². The van der Waals surface area contributed by atoms with Crippen molar-refractivity contribution in [3.63, 3.8) is 0 Å². The summed E-state index contributed by atoms with van der Waals surface area (Å²) < 4.78 is 10.8. The molecular formula is C12H15ClO3. The number of hydrogen-bond donors (Lipinski definition) is 0. The Hall–Kier alpha value is -1.22. The fourth-order valence-electron chi connectivity index (χ4n) is 1.13. The smallest absolute Gasteiger partial charge is 0.264 e. The monoisotopic (exact) mass is 242 g/mol. The molecule has 1 aromatic carbocycles. The van der Waals surface area contributed by atoms with Crippen LogP contribution in [0.25, 0.3) is 0 Å². The van der Waals surface area contributed by atoms with E-state index in [1.165, 1.54) is 0 Å². The summed E-state index contributed by atoms with van der Waals surface area (Å²) in [6.07, 6.45) is 0. The number of ether oxygens (including phenoxy) is 2. The molecule has 0 bridgehead atoms. The van der Waals surface area contributed by atoms with Crippen LogP contribution in [0.15, 0.2) is 24.3 Å². The normalized spacial score (nSPS) is 11.0. The van der Waals surface area contributed by atoms with E-state index in [2.05, 4.69) is 0 Å². The molecule has 0 radical (unpaired) electrons. The van der Waals surface area contributed by atoms with Gasteiger partial charge in [0.2, 0.25) is 0 Å². The lowest BCUT2D eigenvalue weighted by molar-refractivity contribution is -0.123. The van der Waals surface area contributed by atoms with Crippen LogP contribution in [0.1, 0.15) is 20.8 Å². The molecule has 4 heteroatoms. The third kappa shape index (κ3) is 3.42. The average molecular weight is 243 g/mol. The van der Waals surface area contributed by atoms with Crippen LogP contribution in [0.2, 0.25) is 0 Å². The summed E-state index contributed by atoms with van der Waals surface area (Å²) in [5, 5.41) is -0.533. The third-order valence-electron chi connectivity index (χ3n) is 1.96. The van der Waals surface area contributed by atoms with E-state index in [0.717, 1.165) is 0 Å². The highest BCUT2D eigenvalue weighted by Gasteiger charge is 2.28. The van der Waals surface area contributed by atoms with Gasteiger partial charge < -0.3 is 9.47 Å². The molecular weight excluding hydrogens is 228 g/mol. The standard InChI is InChI=1S/C12H15ClO3/c1-4-15-9-6-5-7-10(8-9)16-12(2,3)11(13)14/h5-8H,4H2,1-3H3. The van der Waals surface area contributed by atoms with Crippen molar-refractivity contribution in [2.75, 3.05) is 6.61 Å². The number of carbonyl (C=O) groups is 1. The van der Waals surface area contributed by atoms with Crippen LogP contribution in [-0.2, 0) is 4.79 Å². The predicted molar refractivity (Wildman–Crippen MR) is 63.2 cm³/mol. The van der Waals surface area contributed by atoms with E-state index in [1.54, 1.807) is 32.0 Å². The van der Waals surface area contributed by atoms with Crippen LogP contribution in [-0.4, -0.2) is 17.5 Å². The molecule has 88 valence electrons. The number of carbonyl (C=O) groups excluding carboxylic acids is 1. The van der Waals surface area contributed by atoms with Gasteiger partial charge in [-0.25, -0.2) is 0 Å².